The number of methoxy groups -OCH3 is 1. The Kier molecular flexibility index (Phi) is 10.8. The van der Waals surface area contributed by atoms with E-state index in [-0.39, 0.29) is 36.5 Å². The van der Waals surface area contributed by atoms with Gasteiger partial charge >= 0.3 is 5.97 Å². The molecule has 1 N–H and O–H groups in total. The lowest BCUT2D eigenvalue weighted by Gasteiger charge is -2.38. The van der Waals surface area contributed by atoms with Gasteiger partial charge in [-0.15, -0.1) is 0 Å². The summed E-state index contributed by atoms with van der Waals surface area (Å²) in [5.74, 6) is 0.930. The summed E-state index contributed by atoms with van der Waals surface area (Å²) in [7, 11) is 1.60. The zero-order valence-electron chi connectivity index (χ0n) is 23.9. The Balaban J connectivity index is 1.36. The molecular formula is C30H42ClN3O6. The molecule has 4 rings (SSSR count). The van der Waals surface area contributed by atoms with Crippen molar-refractivity contribution in [2.45, 2.75) is 58.3 Å². The molecule has 9 nitrogen and oxygen atoms in total. The van der Waals surface area contributed by atoms with Gasteiger partial charge in [0.05, 0.1) is 36.5 Å². The topological polar surface area (TPSA) is 93.6 Å². The summed E-state index contributed by atoms with van der Waals surface area (Å²) < 4.78 is 23.3. The van der Waals surface area contributed by atoms with Crippen molar-refractivity contribution < 1.29 is 28.8 Å². The maximum Gasteiger partial charge on any atom is 0.305 e. The smallest absolute Gasteiger partial charge is 0.305 e. The lowest BCUT2D eigenvalue weighted by atomic mass is 9.96. The Morgan fingerprint density at radius 1 is 1.15 bits per heavy atom. The number of pyridine rings is 1. The molecule has 0 bridgehead atoms. The van der Waals surface area contributed by atoms with E-state index in [1.165, 1.54) is 0 Å². The minimum atomic E-state index is -0.800. The van der Waals surface area contributed by atoms with E-state index in [0.717, 1.165) is 43.1 Å². The Hall–Kier alpha value is -2.75. The molecule has 2 aliphatic heterocycles. The van der Waals surface area contributed by atoms with Gasteiger partial charge in [0.15, 0.2) is 0 Å². The monoisotopic (exact) mass is 575 g/mol. The lowest BCUT2D eigenvalue weighted by molar-refractivity contribution is -0.137. The number of aromatic nitrogens is 1. The summed E-state index contributed by atoms with van der Waals surface area (Å²) in [5.41, 5.74) is 1.91. The van der Waals surface area contributed by atoms with Gasteiger partial charge in [-0.05, 0) is 37.6 Å². The van der Waals surface area contributed by atoms with Crippen LogP contribution in [-0.4, -0.2) is 80.9 Å². The van der Waals surface area contributed by atoms with E-state index in [1.807, 2.05) is 37.3 Å². The largest absolute Gasteiger partial charge is 0.490 e. The summed E-state index contributed by atoms with van der Waals surface area (Å²) >= 11 is 6.43. The number of hydrogen-bond donors (Lipinski definition) is 1. The van der Waals surface area contributed by atoms with Crippen LogP contribution in [0.3, 0.4) is 0 Å². The normalized spacial score (nSPS) is 24.8. The number of piperidine rings is 1. The first-order valence-electron chi connectivity index (χ1n) is 14.2. The Morgan fingerprint density at radius 3 is 2.60 bits per heavy atom. The average molecular weight is 576 g/mol. The van der Waals surface area contributed by atoms with E-state index in [4.69, 9.17) is 30.5 Å². The quantitative estimate of drug-likeness (QED) is 0.325. The molecule has 2 saturated heterocycles. The minimum Gasteiger partial charge on any atom is -0.490 e. The van der Waals surface area contributed by atoms with E-state index < -0.39 is 5.97 Å². The second-order valence-corrected chi connectivity index (χ2v) is 11.1. The third-order valence-electron chi connectivity index (χ3n) is 7.97. The first kappa shape index (κ1) is 30.2. The van der Waals surface area contributed by atoms with E-state index in [2.05, 4.69) is 28.6 Å². The van der Waals surface area contributed by atoms with Crippen LogP contribution in [0.15, 0.2) is 36.5 Å². The summed E-state index contributed by atoms with van der Waals surface area (Å²) in [6, 6.07) is 9.76. The highest BCUT2D eigenvalue weighted by Crippen LogP contribution is 2.36. The molecule has 0 amide bonds. The first-order valence-corrected chi connectivity index (χ1v) is 14.6. The first-order chi connectivity index (χ1) is 19.3. The van der Waals surface area contributed by atoms with Crippen molar-refractivity contribution in [3.63, 3.8) is 0 Å². The molecule has 40 heavy (non-hydrogen) atoms. The van der Waals surface area contributed by atoms with Crippen LogP contribution in [0.25, 0.3) is 0 Å². The predicted octanol–water partition coefficient (Wildman–Crippen LogP) is 5.15. The molecular weight excluding hydrogens is 534 g/mol. The molecule has 5 atom stereocenters. The number of nitrogens with zero attached hydrogens (tertiary/aromatic N) is 3. The van der Waals surface area contributed by atoms with Gasteiger partial charge in [0.1, 0.15) is 11.9 Å². The highest BCUT2D eigenvalue weighted by atomic mass is 35.5. The van der Waals surface area contributed by atoms with Gasteiger partial charge in [-0.2, -0.15) is 0 Å². The van der Waals surface area contributed by atoms with Crippen LogP contribution in [0.4, 0.5) is 11.4 Å². The van der Waals surface area contributed by atoms with Crippen LogP contribution in [0.1, 0.15) is 40.0 Å². The van der Waals surface area contributed by atoms with E-state index >= 15 is 0 Å². The Morgan fingerprint density at radius 2 is 1.93 bits per heavy atom. The van der Waals surface area contributed by atoms with Gasteiger partial charge in [-0.3, -0.25) is 4.79 Å². The van der Waals surface area contributed by atoms with Crippen molar-refractivity contribution in [3.05, 3.63) is 41.6 Å². The number of benzene rings is 1. The van der Waals surface area contributed by atoms with Gasteiger partial charge in [0.2, 0.25) is 5.88 Å². The molecule has 10 heteroatoms. The van der Waals surface area contributed by atoms with Crippen molar-refractivity contribution in [3.8, 4) is 11.6 Å². The Labute approximate surface area is 242 Å². The number of aliphatic carboxylic acids is 1. The fraction of sp³-hybridized carbons (Fsp3) is 0.600. The number of ether oxygens (including phenoxy) is 4. The molecule has 2 fully saturated rings. The summed E-state index contributed by atoms with van der Waals surface area (Å²) in [4.78, 5) is 20.3. The van der Waals surface area contributed by atoms with Gasteiger partial charge < -0.3 is 33.9 Å². The molecule has 0 spiro atoms. The van der Waals surface area contributed by atoms with Crippen LogP contribution in [-0.2, 0) is 14.3 Å². The van der Waals surface area contributed by atoms with E-state index in [1.54, 1.807) is 13.3 Å². The molecule has 1 aromatic heterocycles. The zero-order chi connectivity index (χ0) is 28.6. The number of halogens is 1. The SMILES string of the molecule is CCOCCCO[C@H]1CN(c2ccc(OC3CCN(c4cc(OC)ncc4Cl)CC3C)cc2)[C@@H](CC(=O)O)[C@@H]1C. The number of carboxylic acid groups (broad SMARTS) is 1. The van der Waals surface area contributed by atoms with Crippen LogP contribution in [0.5, 0.6) is 11.6 Å². The van der Waals surface area contributed by atoms with Crippen molar-refractivity contribution in [2.24, 2.45) is 11.8 Å². The van der Waals surface area contributed by atoms with Crippen LogP contribution in [0, 0.1) is 11.8 Å². The second kappa shape index (κ2) is 14.2. The third kappa shape index (κ3) is 7.50. The predicted molar refractivity (Wildman–Crippen MR) is 156 cm³/mol. The standard InChI is InChI=1S/C30H42ClN3O6/c1-5-38-13-6-14-39-28-19-34(25(21(28)3)16-30(35)36)22-7-9-23(10-8-22)40-27-11-12-33(18-20(27)2)26-15-29(37-4)32-17-24(26)31/h7-10,15,17,20-21,25,27-28H,5-6,11-14,16,18-19H2,1-4H3,(H,35,36)/t20?,21-,25-,27?,28-/m0/s1. The number of hydrogen-bond acceptors (Lipinski definition) is 8. The fourth-order valence-electron chi connectivity index (χ4n) is 5.72. The fourth-order valence-corrected chi connectivity index (χ4v) is 5.94. The van der Waals surface area contributed by atoms with Gasteiger partial charge in [-0.1, -0.05) is 25.4 Å². The molecule has 3 heterocycles. The Bertz CT molecular complexity index is 1100. The molecule has 0 aliphatic carbocycles. The molecule has 220 valence electrons. The molecule has 0 saturated carbocycles. The van der Waals surface area contributed by atoms with Gasteiger partial charge in [-0.25, -0.2) is 4.98 Å². The number of carbonyl (C=O) groups is 1. The number of rotatable bonds is 13. The molecule has 2 aromatic rings. The maximum absolute atomic E-state index is 11.7. The second-order valence-electron chi connectivity index (χ2n) is 10.7. The third-order valence-corrected chi connectivity index (χ3v) is 8.26. The highest BCUT2D eigenvalue weighted by Gasteiger charge is 2.41. The average Bonchev–Trinajstić information content (AvgIpc) is 3.24. The van der Waals surface area contributed by atoms with Gasteiger partial charge in [0.25, 0.3) is 0 Å². The summed E-state index contributed by atoms with van der Waals surface area (Å²) in [5, 5.41) is 10.2. The minimum absolute atomic E-state index is 0.0261. The molecule has 2 unspecified atom stereocenters. The molecule has 0 radical (unpaired) electrons. The number of anilines is 2. The van der Waals surface area contributed by atoms with Crippen LogP contribution < -0.4 is 19.3 Å². The van der Waals surface area contributed by atoms with E-state index in [9.17, 15) is 9.90 Å². The van der Waals surface area contributed by atoms with Crippen molar-refractivity contribution in [2.75, 3.05) is 56.4 Å². The van der Waals surface area contributed by atoms with Crippen molar-refractivity contribution in [1.29, 1.82) is 0 Å². The van der Waals surface area contributed by atoms with Crippen LogP contribution in [0.2, 0.25) is 5.02 Å². The van der Waals surface area contributed by atoms with Crippen molar-refractivity contribution >= 4 is 28.9 Å². The molecule has 1 aromatic carbocycles. The maximum atomic E-state index is 11.7. The summed E-state index contributed by atoms with van der Waals surface area (Å²) in [6.45, 7) is 10.5. The summed E-state index contributed by atoms with van der Waals surface area (Å²) in [6.07, 6.45) is 3.43. The lowest BCUT2D eigenvalue weighted by Crippen LogP contribution is -2.44. The molecule has 2 aliphatic rings. The highest BCUT2D eigenvalue weighted by molar-refractivity contribution is 6.33. The number of carboxylic acids is 1. The van der Waals surface area contributed by atoms with Crippen molar-refractivity contribution in [1.82, 2.24) is 4.98 Å². The van der Waals surface area contributed by atoms with Crippen LogP contribution >= 0.6 is 11.6 Å². The zero-order valence-corrected chi connectivity index (χ0v) is 24.7. The van der Waals surface area contributed by atoms with E-state index in [0.29, 0.717) is 37.3 Å². The van der Waals surface area contributed by atoms with Gasteiger partial charge in [0, 0.05) is 75.5 Å².